The van der Waals surface area contributed by atoms with E-state index in [0.29, 0.717) is 5.56 Å². The molecule has 7 atom stereocenters. The number of likely N-dealkylation sites (N-methyl/N-ethyl adjacent to an activating group) is 1. The summed E-state index contributed by atoms with van der Waals surface area (Å²) >= 11 is 0. The van der Waals surface area contributed by atoms with Gasteiger partial charge in [0.15, 0.2) is 17.4 Å². The lowest BCUT2D eigenvalue weighted by molar-refractivity contribution is -0.283. The summed E-state index contributed by atoms with van der Waals surface area (Å²) in [5.41, 5.74) is 4.85. The van der Waals surface area contributed by atoms with Crippen LogP contribution in [0.3, 0.4) is 0 Å². The molecule has 7 N–H and O–H groups in total. The van der Waals surface area contributed by atoms with Crippen molar-refractivity contribution in [3.8, 4) is 5.75 Å². The molecule has 1 amide bonds. The second-order valence-corrected chi connectivity index (χ2v) is 9.18. The first-order valence-corrected chi connectivity index (χ1v) is 10.3. The highest BCUT2D eigenvalue weighted by Gasteiger charge is 2.69. The Kier molecular flexibility index (Phi) is 4.98. The fraction of sp³-hybridized carbons (Fsp3) is 0.500. The number of hydrogen-bond acceptors (Lipinski definition) is 9. The van der Waals surface area contributed by atoms with E-state index in [4.69, 9.17) is 5.73 Å². The summed E-state index contributed by atoms with van der Waals surface area (Å²) in [5.74, 6) is -13.6. The number of carbonyl (C=O) groups is 3. The molecule has 172 valence electrons. The number of benzene rings is 1. The molecular formula is C22H26N2O8. The molecule has 1 saturated carbocycles. The monoisotopic (exact) mass is 446 g/mol. The predicted octanol–water partition coefficient (Wildman–Crippen LogP) is -0.977. The molecule has 0 heterocycles. The number of rotatable bonds is 2. The van der Waals surface area contributed by atoms with Gasteiger partial charge in [0.25, 0.3) is 5.91 Å². The Bertz CT molecular complexity index is 1060. The summed E-state index contributed by atoms with van der Waals surface area (Å²) in [5, 5.41) is 55.0. The minimum absolute atomic E-state index is 0.0969. The molecule has 0 spiro atoms. The van der Waals surface area contributed by atoms with Crippen molar-refractivity contribution in [3.63, 3.8) is 0 Å². The number of phenolic OH excluding ortho intramolecular Hbond substituents is 1. The van der Waals surface area contributed by atoms with E-state index in [-0.39, 0.29) is 11.3 Å². The van der Waals surface area contributed by atoms with E-state index in [9.17, 15) is 39.9 Å². The molecule has 0 radical (unpaired) electrons. The zero-order valence-electron chi connectivity index (χ0n) is 17.8. The van der Waals surface area contributed by atoms with Crippen molar-refractivity contribution in [1.29, 1.82) is 0 Å². The van der Waals surface area contributed by atoms with E-state index in [1.165, 1.54) is 25.1 Å². The Balaban J connectivity index is 1.98. The van der Waals surface area contributed by atoms with Crippen LogP contribution in [-0.2, 0) is 9.59 Å². The summed E-state index contributed by atoms with van der Waals surface area (Å²) in [6.07, 6.45) is -1.43. The lowest BCUT2D eigenvalue weighted by Gasteiger charge is -2.57. The normalized spacial score (nSPS) is 35.9. The van der Waals surface area contributed by atoms with E-state index in [0.717, 1.165) is 0 Å². The number of aromatic hydroxyl groups is 1. The molecule has 32 heavy (non-hydrogen) atoms. The lowest BCUT2D eigenvalue weighted by Crippen LogP contribution is -2.71. The Hall–Kier alpha value is -2.79. The summed E-state index contributed by atoms with van der Waals surface area (Å²) in [6, 6.07) is 3.31. The maximum absolute atomic E-state index is 13.4. The van der Waals surface area contributed by atoms with Crippen molar-refractivity contribution >= 4 is 17.5 Å². The number of ketones is 2. The van der Waals surface area contributed by atoms with Gasteiger partial charge in [-0.1, -0.05) is 19.1 Å². The van der Waals surface area contributed by atoms with Crippen molar-refractivity contribution < 1.29 is 39.9 Å². The zero-order chi connectivity index (χ0) is 23.9. The van der Waals surface area contributed by atoms with E-state index in [1.807, 2.05) is 0 Å². The lowest BCUT2D eigenvalue weighted by atomic mass is 9.50. The second-order valence-electron chi connectivity index (χ2n) is 9.18. The molecule has 3 aliphatic rings. The molecule has 0 aliphatic heterocycles. The van der Waals surface area contributed by atoms with Crippen LogP contribution in [-0.4, -0.2) is 79.9 Å². The van der Waals surface area contributed by atoms with Crippen LogP contribution in [0.4, 0.5) is 0 Å². The fourth-order valence-corrected chi connectivity index (χ4v) is 6.12. The highest BCUT2D eigenvalue weighted by molar-refractivity contribution is 6.21. The first-order chi connectivity index (χ1) is 14.8. The highest BCUT2D eigenvalue weighted by atomic mass is 16.5. The number of amides is 1. The van der Waals surface area contributed by atoms with E-state index >= 15 is 0 Å². The highest BCUT2D eigenvalue weighted by Crippen LogP contribution is 2.57. The topological polar surface area (TPSA) is 182 Å². The standard InChI is InChI=1S/C22H26N2O8/c1-7-8-5-4-6-9(25)11(8)18(27)14-10(7)17(26)12-15(22(14,31)32)19(28)13(21(23)30)20(29)16(12)24(2)3/h4-7,10,12,14-17,25-26,29,31-32H,1-3H3,(H2,23,30)/t7-,10-,12-,14?,15-,16-,17+/m1/s1. The van der Waals surface area contributed by atoms with Crippen LogP contribution in [0, 0.1) is 23.7 Å². The number of phenols is 1. The minimum atomic E-state index is -2.98. The second kappa shape index (κ2) is 7.11. The molecular weight excluding hydrogens is 420 g/mol. The van der Waals surface area contributed by atoms with Gasteiger partial charge in [0, 0.05) is 11.8 Å². The van der Waals surface area contributed by atoms with Crippen LogP contribution in [0.1, 0.15) is 28.8 Å². The van der Waals surface area contributed by atoms with Gasteiger partial charge in [-0.3, -0.25) is 19.3 Å². The molecule has 1 aromatic rings. The van der Waals surface area contributed by atoms with Gasteiger partial charge in [-0.2, -0.15) is 0 Å². The van der Waals surface area contributed by atoms with Crippen molar-refractivity contribution in [1.82, 2.24) is 4.90 Å². The van der Waals surface area contributed by atoms with Crippen molar-refractivity contribution in [2.45, 2.75) is 30.8 Å². The van der Waals surface area contributed by atoms with Crippen LogP contribution in [0.5, 0.6) is 5.75 Å². The van der Waals surface area contributed by atoms with Gasteiger partial charge in [0.05, 0.1) is 29.5 Å². The quantitative estimate of drug-likeness (QED) is 0.246. The van der Waals surface area contributed by atoms with Gasteiger partial charge < -0.3 is 31.3 Å². The fourth-order valence-electron chi connectivity index (χ4n) is 6.12. The molecule has 10 nitrogen and oxygen atoms in total. The minimum Gasteiger partial charge on any atom is -0.510 e. The van der Waals surface area contributed by atoms with Crippen molar-refractivity contribution in [3.05, 3.63) is 40.7 Å². The van der Waals surface area contributed by atoms with Gasteiger partial charge in [-0.05, 0) is 31.6 Å². The first kappa shape index (κ1) is 22.4. The third-order valence-corrected chi connectivity index (χ3v) is 7.38. The number of aliphatic hydroxyl groups excluding tert-OH is 2. The molecule has 10 heteroatoms. The maximum Gasteiger partial charge on any atom is 0.255 e. The maximum atomic E-state index is 13.4. The molecule has 1 fully saturated rings. The summed E-state index contributed by atoms with van der Waals surface area (Å²) in [6.45, 7) is 1.68. The number of nitrogens with zero attached hydrogens (tertiary/aromatic N) is 1. The predicted molar refractivity (Wildman–Crippen MR) is 109 cm³/mol. The van der Waals surface area contributed by atoms with Crippen LogP contribution in [0.2, 0.25) is 0 Å². The SMILES string of the molecule is C[C@@H]1c2cccc(O)c2C(=O)C2[C@@H]1[C@H](O)[C@H]1[C@@H](N(C)C)C(O)=C(C(N)=O)C(=O)[C@@H]1C2(O)O. The summed E-state index contributed by atoms with van der Waals surface area (Å²) in [4.78, 5) is 40.0. The average Bonchev–Trinajstić information content (AvgIpc) is 2.67. The van der Waals surface area contributed by atoms with Gasteiger partial charge in [-0.15, -0.1) is 0 Å². The number of hydrogen-bond donors (Lipinski definition) is 6. The molecule has 0 saturated heterocycles. The van der Waals surface area contributed by atoms with Gasteiger partial charge in [0.2, 0.25) is 0 Å². The third kappa shape index (κ3) is 2.70. The Labute approximate surface area is 183 Å². The molecule has 1 aromatic carbocycles. The van der Waals surface area contributed by atoms with E-state index in [1.54, 1.807) is 19.1 Å². The third-order valence-electron chi connectivity index (χ3n) is 7.38. The molecule has 1 unspecified atom stereocenters. The van der Waals surface area contributed by atoms with Crippen LogP contribution in [0.25, 0.3) is 0 Å². The van der Waals surface area contributed by atoms with Crippen LogP contribution < -0.4 is 5.73 Å². The number of Topliss-reactive ketones (excluding diaryl/α,β-unsaturated/α-hetero) is 2. The Morgan fingerprint density at radius 3 is 2.22 bits per heavy atom. The van der Waals surface area contributed by atoms with E-state index in [2.05, 4.69) is 0 Å². The molecule has 0 bridgehead atoms. The van der Waals surface area contributed by atoms with Gasteiger partial charge in [-0.25, -0.2) is 0 Å². The first-order valence-electron chi connectivity index (χ1n) is 10.3. The molecule has 3 aliphatic carbocycles. The Morgan fingerprint density at radius 2 is 1.66 bits per heavy atom. The molecule has 0 aromatic heterocycles. The average molecular weight is 446 g/mol. The van der Waals surface area contributed by atoms with Gasteiger partial charge in [0.1, 0.15) is 17.1 Å². The number of fused-ring (bicyclic) bond motifs is 3. The number of nitrogens with two attached hydrogens (primary N) is 1. The summed E-state index contributed by atoms with van der Waals surface area (Å²) < 4.78 is 0. The van der Waals surface area contributed by atoms with Crippen molar-refractivity contribution in [2.24, 2.45) is 29.4 Å². The van der Waals surface area contributed by atoms with Crippen molar-refractivity contribution in [2.75, 3.05) is 14.1 Å². The van der Waals surface area contributed by atoms with Crippen LogP contribution >= 0.6 is 0 Å². The number of primary amides is 1. The van der Waals surface area contributed by atoms with Gasteiger partial charge >= 0.3 is 0 Å². The summed E-state index contributed by atoms with van der Waals surface area (Å²) in [7, 11) is 3.06. The molecule has 4 rings (SSSR count). The number of aliphatic hydroxyl groups is 4. The Morgan fingerprint density at radius 1 is 1.06 bits per heavy atom. The van der Waals surface area contributed by atoms with E-state index < -0.39 is 76.3 Å². The smallest absolute Gasteiger partial charge is 0.255 e. The van der Waals surface area contributed by atoms with Crippen LogP contribution in [0.15, 0.2) is 29.5 Å². The zero-order valence-corrected chi connectivity index (χ0v) is 17.8. The largest absolute Gasteiger partial charge is 0.510 e. The number of carbonyl (C=O) groups excluding carboxylic acids is 3.